The molecule has 0 fully saturated rings. The van der Waals surface area contributed by atoms with Gasteiger partial charge in [0.05, 0.1) is 7.11 Å². The average Bonchev–Trinajstić information content (AvgIpc) is 2.76. The number of carbonyl (C=O) groups is 3. The highest BCUT2D eigenvalue weighted by Gasteiger charge is 2.14. The number of benzene rings is 2. The maximum Gasteiger partial charge on any atom is 0.325 e. The predicted octanol–water partition coefficient (Wildman–Crippen LogP) is 1.69. The number of carbonyl (C=O) groups excluding carboxylic acids is 3. The molecule has 0 atom stereocenters. The summed E-state index contributed by atoms with van der Waals surface area (Å²) in [5, 5.41) is 2.46. The molecule has 0 unspecified atom stereocenters. The SMILES string of the molecule is COc1cccc(C(=O)NCC(=O)OCC(=O)N(C)Cc2ccc(N(C)C)cc2)c1. The molecule has 8 heteroatoms. The van der Waals surface area contributed by atoms with Gasteiger partial charge in [-0.1, -0.05) is 18.2 Å². The maximum atomic E-state index is 12.2. The van der Waals surface area contributed by atoms with Crippen LogP contribution in [-0.2, 0) is 20.9 Å². The Bertz CT molecular complexity index is 881. The summed E-state index contributed by atoms with van der Waals surface area (Å²) >= 11 is 0. The van der Waals surface area contributed by atoms with E-state index in [-0.39, 0.29) is 19.1 Å². The van der Waals surface area contributed by atoms with Gasteiger partial charge in [-0.05, 0) is 35.9 Å². The number of methoxy groups -OCH3 is 1. The standard InChI is InChI=1S/C22H27N3O5/c1-24(2)18-10-8-16(9-11-18)14-25(3)20(26)15-30-21(27)13-23-22(28)17-6-5-7-19(12-17)29-4/h5-12H,13-15H2,1-4H3,(H,23,28). The Morgan fingerprint density at radius 1 is 1.00 bits per heavy atom. The molecule has 8 nitrogen and oxygen atoms in total. The zero-order valence-electron chi connectivity index (χ0n) is 17.7. The summed E-state index contributed by atoms with van der Waals surface area (Å²) in [6.07, 6.45) is 0. The molecular weight excluding hydrogens is 386 g/mol. The van der Waals surface area contributed by atoms with Gasteiger partial charge in [-0.25, -0.2) is 0 Å². The van der Waals surface area contributed by atoms with Crippen LogP contribution in [0.4, 0.5) is 5.69 Å². The van der Waals surface area contributed by atoms with E-state index in [0.29, 0.717) is 17.9 Å². The maximum absolute atomic E-state index is 12.2. The number of hydrogen-bond acceptors (Lipinski definition) is 6. The minimum absolute atomic E-state index is 0.334. The molecule has 0 bridgehead atoms. The molecule has 2 aromatic carbocycles. The third kappa shape index (κ3) is 6.80. The van der Waals surface area contributed by atoms with Crippen LogP contribution in [0.1, 0.15) is 15.9 Å². The second-order valence-electron chi connectivity index (χ2n) is 6.89. The van der Waals surface area contributed by atoms with E-state index in [9.17, 15) is 14.4 Å². The van der Waals surface area contributed by atoms with Gasteiger partial charge in [-0.15, -0.1) is 0 Å². The van der Waals surface area contributed by atoms with E-state index < -0.39 is 11.9 Å². The number of hydrogen-bond donors (Lipinski definition) is 1. The molecule has 2 amide bonds. The zero-order valence-corrected chi connectivity index (χ0v) is 17.7. The van der Waals surface area contributed by atoms with Gasteiger partial charge in [0.2, 0.25) is 0 Å². The summed E-state index contributed by atoms with van der Waals surface area (Å²) in [6, 6.07) is 14.4. The lowest BCUT2D eigenvalue weighted by Crippen LogP contribution is -2.34. The van der Waals surface area contributed by atoms with Crippen molar-refractivity contribution in [3.8, 4) is 5.75 Å². The molecule has 0 heterocycles. The van der Waals surface area contributed by atoms with Crippen LogP contribution < -0.4 is 15.0 Å². The van der Waals surface area contributed by atoms with Crippen LogP contribution >= 0.6 is 0 Å². The van der Waals surface area contributed by atoms with Crippen molar-refractivity contribution in [2.75, 3.05) is 46.3 Å². The van der Waals surface area contributed by atoms with E-state index in [0.717, 1.165) is 11.3 Å². The van der Waals surface area contributed by atoms with E-state index >= 15 is 0 Å². The number of nitrogens with zero attached hydrogens (tertiary/aromatic N) is 2. The topological polar surface area (TPSA) is 88.2 Å². The Morgan fingerprint density at radius 3 is 2.33 bits per heavy atom. The second-order valence-corrected chi connectivity index (χ2v) is 6.89. The number of esters is 1. The summed E-state index contributed by atoms with van der Waals surface area (Å²) in [5.41, 5.74) is 2.39. The third-order valence-corrected chi connectivity index (χ3v) is 4.38. The smallest absolute Gasteiger partial charge is 0.325 e. The van der Waals surface area contributed by atoms with Crippen molar-refractivity contribution in [1.82, 2.24) is 10.2 Å². The zero-order chi connectivity index (χ0) is 22.1. The fraction of sp³-hybridized carbons (Fsp3) is 0.318. The Labute approximate surface area is 176 Å². The predicted molar refractivity (Wildman–Crippen MR) is 114 cm³/mol. The molecule has 0 saturated carbocycles. The van der Waals surface area contributed by atoms with E-state index in [1.807, 2.05) is 43.3 Å². The summed E-state index contributed by atoms with van der Waals surface area (Å²) in [4.78, 5) is 39.6. The summed E-state index contributed by atoms with van der Waals surface area (Å²) < 4.78 is 10.0. The second kappa shape index (κ2) is 10.8. The minimum atomic E-state index is -0.691. The van der Waals surface area contributed by atoms with Gasteiger partial charge in [0, 0.05) is 38.9 Å². The number of amides is 2. The number of nitrogens with one attached hydrogen (secondary N) is 1. The molecule has 0 aliphatic heterocycles. The first kappa shape index (κ1) is 22.7. The monoisotopic (exact) mass is 413 g/mol. The van der Waals surface area contributed by atoms with Crippen molar-refractivity contribution < 1.29 is 23.9 Å². The van der Waals surface area contributed by atoms with E-state index in [4.69, 9.17) is 9.47 Å². The van der Waals surface area contributed by atoms with Crippen molar-refractivity contribution in [1.29, 1.82) is 0 Å². The Hall–Kier alpha value is -3.55. The number of ether oxygens (including phenoxy) is 2. The molecule has 2 aromatic rings. The molecular formula is C22H27N3O5. The lowest BCUT2D eigenvalue weighted by molar-refractivity contribution is -0.150. The summed E-state index contributed by atoms with van der Waals surface area (Å²) in [7, 11) is 7.05. The van der Waals surface area contributed by atoms with Gasteiger partial charge in [-0.2, -0.15) is 0 Å². The first-order valence-electron chi connectivity index (χ1n) is 9.38. The van der Waals surface area contributed by atoms with Crippen molar-refractivity contribution in [2.24, 2.45) is 0 Å². The molecule has 2 rings (SSSR count). The number of likely N-dealkylation sites (N-methyl/N-ethyl adjacent to an activating group) is 1. The minimum Gasteiger partial charge on any atom is -0.497 e. The molecule has 0 aliphatic rings. The third-order valence-electron chi connectivity index (χ3n) is 4.38. The normalized spacial score (nSPS) is 10.1. The first-order valence-corrected chi connectivity index (χ1v) is 9.38. The quantitative estimate of drug-likeness (QED) is 0.630. The van der Waals surface area contributed by atoms with Crippen LogP contribution in [0, 0.1) is 0 Å². The molecule has 30 heavy (non-hydrogen) atoms. The lowest BCUT2D eigenvalue weighted by Gasteiger charge is -2.18. The van der Waals surface area contributed by atoms with Crippen molar-refractivity contribution in [3.05, 3.63) is 59.7 Å². The fourth-order valence-electron chi connectivity index (χ4n) is 2.58. The van der Waals surface area contributed by atoms with E-state index in [1.54, 1.807) is 31.3 Å². The van der Waals surface area contributed by atoms with Gasteiger partial charge in [-0.3, -0.25) is 14.4 Å². The van der Waals surface area contributed by atoms with Crippen LogP contribution in [0.15, 0.2) is 48.5 Å². The van der Waals surface area contributed by atoms with Gasteiger partial charge >= 0.3 is 5.97 Å². The summed E-state index contributed by atoms with van der Waals surface area (Å²) in [5.74, 6) is -0.923. The molecule has 0 aliphatic carbocycles. The Morgan fingerprint density at radius 2 is 1.70 bits per heavy atom. The average molecular weight is 413 g/mol. The van der Waals surface area contributed by atoms with Crippen LogP contribution in [0.5, 0.6) is 5.75 Å². The van der Waals surface area contributed by atoms with Gasteiger partial charge in [0.15, 0.2) is 6.61 Å². The van der Waals surface area contributed by atoms with Gasteiger partial charge in [0.1, 0.15) is 12.3 Å². The molecule has 1 N–H and O–H groups in total. The Kier molecular flexibility index (Phi) is 8.22. The molecule has 0 radical (unpaired) electrons. The highest BCUT2D eigenvalue weighted by Crippen LogP contribution is 2.14. The van der Waals surface area contributed by atoms with Crippen LogP contribution in [0.25, 0.3) is 0 Å². The Balaban J connectivity index is 1.75. The van der Waals surface area contributed by atoms with Crippen LogP contribution in [0.2, 0.25) is 0 Å². The highest BCUT2D eigenvalue weighted by molar-refractivity contribution is 5.96. The van der Waals surface area contributed by atoms with Crippen molar-refractivity contribution in [3.63, 3.8) is 0 Å². The molecule has 0 aromatic heterocycles. The van der Waals surface area contributed by atoms with Crippen LogP contribution in [0.3, 0.4) is 0 Å². The van der Waals surface area contributed by atoms with E-state index in [2.05, 4.69) is 5.32 Å². The number of rotatable bonds is 9. The highest BCUT2D eigenvalue weighted by atomic mass is 16.5. The number of anilines is 1. The fourth-order valence-corrected chi connectivity index (χ4v) is 2.58. The van der Waals surface area contributed by atoms with Crippen molar-refractivity contribution in [2.45, 2.75) is 6.54 Å². The largest absolute Gasteiger partial charge is 0.497 e. The molecule has 0 spiro atoms. The molecule has 160 valence electrons. The summed E-state index contributed by atoms with van der Waals surface area (Å²) in [6.45, 7) is -0.324. The lowest BCUT2D eigenvalue weighted by atomic mass is 10.2. The first-order chi connectivity index (χ1) is 14.3. The van der Waals surface area contributed by atoms with Crippen LogP contribution in [-0.4, -0.2) is 64.1 Å². The van der Waals surface area contributed by atoms with Crippen molar-refractivity contribution >= 4 is 23.5 Å². The molecule has 0 saturated heterocycles. The van der Waals surface area contributed by atoms with Gasteiger partial charge < -0.3 is 24.6 Å². The van der Waals surface area contributed by atoms with E-state index in [1.165, 1.54) is 12.0 Å². The van der Waals surface area contributed by atoms with Gasteiger partial charge in [0.25, 0.3) is 11.8 Å².